The Bertz CT molecular complexity index is 983. The number of carboxylic acid groups (broad SMARTS) is 1. The van der Waals surface area contributed by atoms with Crippen LogP contribution in [0, 0.1) is 5.92 Å². The maximum Gasteiger partial charge on any atom is 0.337 e. The van der Waals surface area contributed by atoms with Gasteiger partial charge >= 0.3 is 5.97 Å². The number of pyridine rings is 1. The Labute approximate surface area is 171 Å². The van der Waals surface area contributed by atoms with Gasteiger partial charge in [0.25, 0.3) is 0 Å². The van der Waals surface area contributed by atoms with Gasteiger partial charge in [-0.1, -0.05) is 44.2 Å². The van der Waals surface area contributed by atoms with Crippen LogP contribution < -0.4 is 9.47 Å². The minimum absolute atomic E-state index is 0.233. The Kier molecular flexibility index (Phi) is 6.50. The van der Waals surface area contributed by atoms with Gasteiger partial charge < -0.3 is 14.6 Å². The molecule has 1 heterocycles. The smallest absolute Gasteiger partial charge is 0.337 e. The molecule has 0 atom stereocenters. The summed E-state index contributed by atoms with van der Waals surface area (Å²) >= 11 is 0. The van der Waals surface area contributed by atoms with E-state index in [4.69, 9.17) is 9.47 Å². The van der Waals surface area contributed by atoms with E-state index in [1.165, 1.54) is 0 Å². The van der Waals surface area contributed by atoms with Gasteiger partial charge in [0.1, 0.15) is 18.1 Å². The van der Waals surface area contributed by atoms with Crippen LogP contribution >= 0.6 is 0 Å². The molecule has 3 aromatic rings. The van der Waals surface area contributed by atoms with E-state index in [0.29, 0.717) is 35.9 Å². The van der Waals surface area contributed by atoms with Crippen molar-refractivity contribution < 1.29 is 19.4 Å². The van der Waals surface area contributed by atoms with Crippen LogP contribution in [0.1, 0.15) is 35.5 Å². The molecular weight excluding hydrogens is 366 g/mol. The SMILES string of the molecule is COc1ccc(OCc2ccccc2)c(-c2ccc(C(=O)O)c(CC(C)C)n2)c1. The minimum Gasteiger partial charge on any atom is -0.497 e. The first kappa shape index (κ1) is 20.4. The molecule has 0 bridgehead atoms. The molecule has 3 rings (SSSR count). The fourth-order valence-corrected chi connectivity index (χ4v) is 3.09. The van der Waals surface area contributed by atoms with Gasteiger partial charge in [-0.2, -0.15) is 0 Å². The molecule has 0 fully saturated rings. The highest BCUT2D eigenvalue weighted by atomic mass is 16.5. The monoisotopic (exact) mass is 391 g/mol. The van der Waals surface area contributed by atoms with Gasteiger partial charge in [0.05, 0.1) is 24.1 Å². The van der Waals surface area contributed by atoms with Gasteiger partial charge in [-0.05, 0) is 48.2 Å². The van der Waals surface area contributed by atoms with Gasteiger partial charge in [0.2, 0.25) is 0 Å². The van der Waals surface area contributed by atoms with Gasteiger partial charge in [-0.3, -0.25) is 4.98 Å². The van der Waals surface area contributed by atoms with Gasteiger partial charge in [0, 0.05) is 5.56 Å². The number of aromatic carboxylic acids is 1. The Morgan fingerprint density at radius 1 is 1.07 bits per heavy atom. The predicted octanol–water partition coefficient (Wildman–Crippen LogP) is 5.23. The summed E-state index contributed by atoms with van der Waals surface area (Å²) in [6.45, 7) is 4.51. The number of hydrogen-bond acceptors (Lipinski definition) is 4. The number of rotatable bonds is 8. The second-order valence-electron chi connectivity index (χ2n) is 7.23. The summed E-state index contributed by atoms with van der Waals surface area (Å²) in [4.78, 5) is 16.3. The average Bonchev–Trinajstić information content (AvgIpc) is 2.72. The zero-order valence-electron chi connectivity index (χ0n) is 16.9. The van der Waals surface area contributed by atoms with Crippen molar-refractivity contribution in [3.05, 3.63) is 77.5 Å². The number of ether oxygens (including phenoxy) is 2. The third kappa shape index (κ3) is 5.13. The van der Waals surface area contributed by atoms with Crippen molar-refractivity contribution >= 4 is 5.97 Å². The third-order valence-electron chi connectivity index (χ3n) is 4.51. The summed E-state index contributed by atoms with van der Waals surface area (Å²) in [6.07, 6.45) is 0.583. The molecule has 0 saturated carbocycles. The lowest BCUT2D eigenvalue weighted by molar-refractivity contribution is 0.0695. The fourth-order valence-electron chi connectivity index (χ4n) is 3.09. The highest BCUT2D eigenvalue weighted by Crippen LogP contribution is 2.34. The molecule has 5 heteroatoms. The molecular formula is C24H25NO4. The first-order valence-corrected chi connectivity index (χ1v) is 9.56. The number of carbonyl (C=O) groups is 1. The summed E-state index contributed by atoms with van der Waals surface area (Å²) in [5.74, 6) is 0.670. The van der Waals surface area contributed by atoms with E-state index in [-0.39, 0.29) is 11.5 Å². The number of benzene rings is 2. The average molecular weight is 391 g/mol. The molecule has 1 N–H and O–H groups in total. The van der Waals surface area contributed by atoms with E-state index >= 15 is 0 Å². The molecule has 0 aliphatic heterocycles. The lowest BCUT2D eigenvalue weighted by atomic mass is 10.0. The first-order valence-electron chi connectivity index (χ1n) is 9.56. The number of methoxy groups -OCH3 is 1. The largest absolute Gasteiger partial charge is 0.497 e. The predicted molar refractivity (Wildman–Crippen MR) is 113 cm³/mol. The Hall–Kier alpha value is -3.34. The molecule has 0 aliphatic rings. The van der Waals surface area contributed by atoms with E-state index in [2.05, 4.69) is 4.98 Å². The van der Waals surface area contributed by atoms with Gasteiger partial charge in [0.15, 0.2) is 0 Å². The van der Waals surface area contributed by atoms with E-state index in [9.17, 15) is 9.90 Å². The minimum atomic E-state index is -0.967. The number of hydrogen-bond donors (Lipinski definition) is 1. The fraction of sp³-hybridized carbons (Fsp3) is 0.250. The van der Waals surface area contributed by atoms with Crippen molar-refractivity contribution in [2.45, 2.75) is 26.9 Å². The lowest BCUT2D eigenvalue weighted by Gasteiger charge is -2.15. The van der Waals surface area contributed by atoms with Gasteiger partial charge in [-0.15, -0.1) is 0 Å². The Morgan fingerprint density at radius 2 is 1.83 bits per heavy atom. The van der Waals surface area contributed by atoms with Crippen molar-refractivity contribution in [3.63, 3.8) is 0 Å². The van der Waals surface area contributed by atoms with Crippen LogP contribution in [-0.2, 0) is 13.0 Å². The molecule has 0 saturated heterocycles. The molecule has 0 radical (unpaired) electrons. The standard InChI is InChI=1S/C24H25NO4/c1-16(2)13-22-19(24(26)27)10-11-21(25-22)20-14-18(28-3)9-12-23(20)29-15-17-7-5-4-6-8-17/h4-12,14,16H,13,15H2,1-3H3,(H,26,27). The van der Waals surface area contributed by atoms with E-state index in [1.54, 1.807) is 19.2 Å². The van der Waals surface area contributed by atoms with Crippen LogP contribution in [0.5, 0.6) is 11.5 Å². The summed E-state index contributed by atoms with van der Waals surface area (Å²) in [5, 5.41) is 9.50. The molecule has 150 valence electrons. The second kappa shape index (κ2) is 9.24. The van der Waals surface area contributed by atoms with Crippen molar-refractivity contribution in [2.75, 3.05) is 7.11 Å². The maximum absolute atomic E-state index is 11.6. The van der Waals surface area contributed by atoms with E-state index in [1.807, 2.05) is 62.4 Å². The molecule has 29 heavy (non-hydrogen) atoms. The van der Waals surface area contributed by atoms with Crippen molar-refractivity contribution in [1.82, 2.24) is 4.98 Å². The third-order valence-corrected chi connectivity index (χ3v) is 4.51. The van der Waals surface area contributed by atoms with Crippen LogP contribution in [0.4, 0.5) is 0 Å². The Balaban J connectivity index is 2.00. The van der Waals surface area contributed by atoms with E-state index < -0.39 is 5.97 Å². The molecule has 5 nitrogen and oxygen atoms in total. The topological polar surface area (TPSA) is 68.7 Å². The molecule has 1 aromatic heterocycles. The summed E-state index contributed by atoms with van der Waals surface area (Å²) in [7, 11) is 1.61. The number of nitrogens with zero attached hydrogens (tertiary/aromatic N) is 1. The highest BCUT2D eigenvalue weighted by molar-refractivity contribution is 5.89. The quantitative estimate of drug-likeness (QED) is 0.569. The zero-order chi connectivity index (χ0) is 20.8. The Morgan fingerprint density at radius 3 is 2.48 bits per heavy atom. The normalized spacial score (nSPS) is 10.8. The zero-order valence-corrected chi connectivity index (χ0v) is 16.9. The van der Waals surface area contributed by atoms with Crippen LogP contribution in [0.3, 0.4) is 0 Å². The van der Waals surface area contributed by atoms with Crippen molar-refractivity contribution in [3.8, 4) is 22.8 Å². The lowest BCUT2D eigenvalue weighted by Crippen LogP contribution is -2.08. The summed E-state index contributed by atoms with van der Waals surface area (Å²) in [5.41, 5.74) is 3.29. The molecule has 0 aliphatic carbocycles. The molecule has 0 spiro atoms. The molecule has 2 aromatic carbocycles. The van der Waals surface area contributed by atoms with Crippen molar-refractivity contribution in [1.29, 1.82) is 0 Å². The molecule has 0 amide bonds. The number of aromatic nitrogens is 1. The highest BCUT2D eigenvalue weighted by Gasteiger charge is 2.17. The summed E-state index contributed by atoms with van der Waals surface area (Å²) in [6, 6.07) is 18.8. The van der Waals surface area contributed by atoms with Crippen LogP contribution in [0.15, 0.2) is 60.7 Å². The second-order valence-corrected chi connectivity index (χ2v) is 7.23. The van der Waals surface area contributed by atoms with E-state index in [0.717, 1.165) is 11.1 Å². The first-order chi connectivity index (χ1) is 14.0. The maximum atomic E-state index is 11.6. The van der Waals surface area contributed by atoms with Crippen LogP contribution in [0.2, 0.25) is 0 Å². The van der Waals surface area contributed by atoms with Crippen LogP contribution in [0.25, 0.3) is 11.3 Å². The van der Waals surface area contributed by atoms with Crippen LogP contribution in [-0.4, -0.2) is 23.2 Å². The number of carboxylic acids is 1. The van der Waals surface area contributed by atoms with Crippen molar-refractivity contribution in [2.24, 2.45) is 5.92 Å². The van der Waals surface area contributed by atoms with Gasteiger partial charge in [-0.25, -0.2) is 4.79 Å². The molecule has 0 unspecified atom stereocenters. The summed E-state index contributed by atoms with van der Waals surface area (Å²) < 4.78 is 11.4.